The maximum Gasteiger partial charge on any atom is 0.330 e. The molecule has 0 bridgehead atoms. The molecule has 0 aromatic heterocycles. The normalized spacial score (nSPS) is 13.8. The van der Waals surface area contributed by atoms with Gasteiger partial charge in [-0.15, -0.1) is 0 Å². The van der Waals surface area contributed by atoms with Crippen molar-refractivity contribution in [2.45, 2.75) is 45.1 Å². The molecule has 6 nitrogen and oxygen atoms in total. The van der Waals surface area contributed by atoms with Crippen LogP contribution in [-0.2, 0) is 31.7 Å². The number of hydrogen-bond acceptors (Lipinski definition) is 4. The van der Waals surface area contributed by atoms with Gasteiger partial charge in [0, 0.05) is 18.2 Å². The van der Waals surface area contributed by atoms with E-state index in [-0.39, 0.29) is 12.3 Å². The Morgan fingerprint density at radius 1 is 0.868 bits per heavy atom. The maximum atomic E-state index is 13.2. The highest BCUT2D eigenvalue weighted by molar-refractivity contribution is 7.58. The second kappa shape index (κ2) is 13.5. The summed E-state index contributed by atoms with van der Waals surface area (Å²) < 4.78 is 18.0. The number of nitrogens with one attached hydrogen (secondary N) is 1. The third-order valence-corrected chi connectivity index (χ3v) is 8.61. The van der Waals surface area contributed by atoms with Gasteiger partial charge in [-0.1, -0.05) is 84.9 Å². The van der Waals surface area contributed by atoms with E-state index in [1.54, 1.807) is 13.8 Å². The van der Waals surface area contributed by atoms with Crippen molar-refractivity contribution >= 4 is 19.2 Å². The van der Waals surface area contributed by atoms with E-state index in [0.29, 0.717) is 19.3 Å². The Bertz CT molecular complexity index is 1230. The number of rotatable bonds is 13. The van der Waals surface area contributed by atoms with Gasteiger partial charge in [-0.3, -0.25) is 9.36 Å². The van der Waals surface area contributed by atoms with Crippen LogP contribution in [0.1, 0.15) is 37.8 Å². The van der Waals surface area contributed by atoms with E-state index in [0.717, 1.165) is 28.7 Å². The molecule has 0 heterocycles. The van der Waals surface area contributed by atoms with Crippen LogP contribution >= 0.6 is 7.37 Å². The quantitative estimate of drug-likeness (QED) is 0.211. The van der Waals surface area contributed by atoms with E-state index in [1.807, 2.05) is 48.5 Å². The first kappa shape index (κ1) is 29.3. The standard InChI is InChI=1S/C31H38NO5P/c1-31(2,30(34)37-3)32-29(33)28(23-38(35,36)22-21-24-11-6-4-7-12-24)16-10-13-25-17-19-27(20-18-25)26-14-8-5-9-15-26/h4-9,11-12,14-15,17-20,28H,10,13,16,21-23H2,1-3H3,(H,32,33)(H,35,36). The van der Waals surface area contributed by atoms with Gasteiger partial charge >= 0.3 is 5.97 Å². The molecule has 2 N–H and O–H groups in total. The van der Waals surface area contributed by atoms with Crippen LogP contribution in [0.4, 0.5) is 0 Å². The molecule has 3 aromatic rings. The second-order valence-corrected chi connectivity index (χ2v) is 12.8. The Labute approximate surface area is 225 Å². The number of methoxy groups -OCH3 is 1. The van der Waals surface area contributed by atoms with Crippen molar-refractivity contribution in [1.82, 2.24) is 5.32 Å². The molecule has 3 aromatic carbocycles. The van der Waals surface area contributed by atoms with Gasteiger partial charge in [0.15, 0.2) is 0 Å². The lowest BCUT2D eigenvalue weighted by molar-refractivity contribution is -0.149. The topological polar surface area (TPSA) is 92.7 Å². The molecule has 2 atom stereocenters. The van der Waals surface area contributed by atoms with Gasteiger partial charge in [-0.25, -0.2) is 4.79 Å². The zero-order valence-electron chi connectivity index (χ0n) is 22.4. The van der Waals surface area contributed by atoms with Crippen molar-refractivity contribution in [2.75, 3.05) is 19.4 Å². The molecular formula is C31H38NO5P. The summed E-state index contributed by atoms with van der Waals surface area (Å²) in [4.78, 5) is 36.1. The lowest BCUT2D eigenvalue weighted by atomic mass is 9.97. The summed E-state index contributed by atoms with van der Waals surface area (Å²) in [5.74, 6) is -1.68. The molecule has 0 fully saturated rings. The average molecular weight is 536 g/mol. The smallest absolute Gasteiger partial charge is 0.330 e. The van der Waals surface area contributed by atoms with E-state index in [9.17, 15) is 19.0 Å². The van der Waals surface area contributed by atoms with E-state index in [1.165, 1.54) is 7.11 Å². The summed E-state index contributed by atoms with van der Waals surface area (Å²) in [6.07, 6.45) is 2.26. The zero-order chi connectivity index (χ0) is 27.6. The van der Waals surface area contributed by atoms with E-state index < -0.39 is 30.7 Å². The molecule has 202 valence electrons. The molecule has 38 heavy (non-hydrogen) atoms. The fraction of sp³-hybridized carbons (Fsp3) is 0.355. The van der Waals surface area contributed by atoms with Gasteiger partial charge in [-0.2, -0.15) is 0 Å². The van der Waals surface area contributed by atoms with Crippen molar-refractivity contribution in [1.29, 1.82) is 0 Å². The number of hydrogen-bond donors (Lipinski definition) is 2. The van der Waals surface area contributed by atoms with Crippen LogP contribution in [0.2, 0.25) is 0 Å². The van der Waals surface area contributed by atoms with Crippen LogP contribution in [-0.4, -0.2) is 41.7 Å². The number of benzene rings is 3. The van der Waals surface area contributed by atoms with E-state index in [2.05, 4.69) is 41.7 Å². The molecule has 0 saturated heterocycles. The van der Waals surface area contributed by atoms with E-state index in [4.69, 9.17) is 4.74 Å². The third kappa shape index (κ3) is 8.97. The summed E-state index contributed by atoms with van der Waals surface area (Å²) in [6.45, 7) is 3.13. The summed E-state index contributed by atoms with van der Waals surface area (Å²) >= 11 is 0. The van der Waals surface area contributed by atoms with Crippen LogP contribution in [0.5, 0.6) is 0 Å². The first-order valence-electron chi connectivity index (χ1n) is 13.0. The Balaban J connectivity index is 1.65. The minimum absolute atomic E-state index is 0.0993. The van der Waals surface area contributed by atoms with Crippen molar-refractivity contribution in [3.8, 4) is 11.1 Å². The first-order chi connectivity index (χ1) is 18.1. The summed E-state index contributed by atoms with van der Waals surface area (Å²) in [5.41, 5.74) is 3.17. The molecule has 1 amide bonds. The van der Waals surface area contributed by atoms with Gasteiger partial charge in [0.25, 0.3) is 0 Å². The van der Waals surface area contributed by atoms with E-state index >= 15 is 0 Å². The number of carbonyl (C=O) groups excluding carboxylic acids is 2. The highest BCUT2D eigenvalue weighted by Gasteiger charge is 2.35. The molecule has 2 unspecified atom stereocenters. The van der Waals surface area contributed by atoms with Gasteiger partial charge in [0.1, 0.15) is 5.54 Å². The number of aryl methyl sites for hydroxylation is 2. The maximum absolute atomic E-state index is 13.2. The molecule has 0 aliphatic carbocycles. The van der Waals surface area contributed by atoms with Crippen LogP contribution < -0.4 is 5.32 Å². The van der Waals surface area contributed by atoms with Gasteiger partial charge in [0.2, 0.25) is 13.3 Å². The number of carbonyl (C=O) groups is 2. The van der Waals surface area contributed by atoms with Gasteiger partial charge in [0.05, 0.1) is 7.11 Å². The highest BCUT2D eigenvalue weighted by Crippen LogP contribution is 2.44. The summed E-state index contributed by atoms with van der Waals surface area (Å²) in [6, 6.07) is 28.0. The minimum atomic E-state index is -3.59. The lowest BCUT2D eigenvalue weighted by Crippen LogP contribution is -2.52. The van der Waals surface area contributed by atoms with Crippen molar-refractivity contribution in [3.63, 3.8) is 0 Å². The molecule has 0 aliphatic heterocycles. The molecule has 0 saturated carbocycles. The molecule has 3 rings (SSSR count). The predicted molar refractivity (Wildman–Crippen MR) is 152 cm³/mol. The number of amides is 1. The van der Waals surface area contributed by atoms with Crippen LogP contribution in [0.3, 0.4) is 0 Å². The van der Waals surface area contributed by atoms with Gasteiger partial charge < -0.3 is 14.9 Å². The Morgan fingerprint density at radius 3 is 2.03 bits per heavy atom. The average Bonchev–Trinajstić information content (AvgIpc) is 2.92. The number of ether oxygens (including phenoxy) is 1. The summed E-state index contributed by atoms with van der Waals surface area (Å²) in [7, 11) is -2.33. The van der Waals surface area contributed by atoms with Gasteiger partial charge in [-0.05, 0) is 61.8 Å². The summed E-state index contributed by atoms with van der Waals surface area (Å²) in [5, 5.41) is 2.73. The minimum Gasteiger partial charge on any atom is -0.467 e. The second-order valence-electron chi connectivity index (χ2n) is 10.2. The molecule has 0 aliphatic rings. The van der Waals surface area contributed by atoms with Crippen molar-refractivity contribution in [2.24, 2.45) is 5.92 Å². The molecule has 0 radical (unpaired) electrons. The van der Waals surface area contributed by atoms with Crippen LogP contribution in [0.15, 0.2) is 84.9 Å². The Morgan fingerprint density at radius 2 is 1.42 bits per heavy atom. The first-order valence-corrected chi connectivity index (χ1v) is 15.0. The monoisotopic (exact) mass is 535 g/mol. The molecular weight excluding hydrogens is 497 g/mol. The third-order valence-electron chi connectivity index (χ3n) is 6.68. The molecule has 7 heteroatoms. The largest absolute Gasteiger partial charge is 0.467 e. The fourth-order valence-corrected chi connectivity index (χ4v) is 6.28. The highest BCUT2D eigenvalue weighted by atomic mass is 31.2. The van der Waals surface area contributed by atoms with Crippen molar-refractivity contribution in [3.05, 3.63) is 96.1 Å². The van der Waals surface area contributed by atoms with Crippen molar-refractivity contribution < 1.29 is 23.8 Å². The predicted octanol–water partition coefficient (Wildman–Crippen LogP) is 5.87. The molecule has 0 spiro atoms. The lowest BCUT2D eigenvalue weighted by Gasteiger charge is -2.27. The van der Waals surface area contributed by atoms with Crippen LogP contribution in [0.25, 0.3) is 11.1 Å². The van der Waals surface area contributed by atoms with Crippen LogP contribution in [0, 0.1) is 5.92 Å². The number of esters is 1. The SMILES string of the molecule is COC(=O)C(C)(C)NC(=O)C(CCCc1ccc(-c2ccccc2)cc1)CP(=O)(O)CCc1ccccc1. The Kier molecular flexibility index (Phi) is 10.5. The Hall–Kier alpha value is -3.21. The fourth-order valence-electron chi connectivity index (χ4n) is 4.45. The zero-order valence-corrected chi connectivity index (χ0v) is 23.3.